The zero-order valence-electron chi connectivity index (χ0n) is 33.8. The fourth-order valence-corrected chi connectivity index (χ4v) is 10.9. The first-order chi connectivity index (χ1) is 28.1. The van der Waals surface area contributed by atoms with E-state index in [4.69, 9.17) is 19.2 Å². The molecular formula is C45H50N7O5P. The molecule has 1 amide bonds. The van der Waals surface area contributed by atoms with Crippen molar-refractivity contribution in [2.24, 2.45) is 0 Å². The van der Waals surface area contributed by atoms with Crippen LogP contribution in [0.15, 0.2) is 122 Å². The molecule has 13 heteroatoms. The van der Waals surface area contributed by atoms with Crippen molar-refractivity contribution in [1.29, 1.82) is 5.26 Å². The summed E-state index contributed by atoms with van der Waals surface area (Å²) >= 11 is 0. The van der Waals surface area contributed by atoms with Crippen LogP contribution in [0.25, 0.3) is 11.2 Å². The normalized spacial score (nSPS) is 12.5. The number of fused-ring (bicyclic) bond motifs is 1. The number of carbonyl (C=O) groups is 1. The van der Waals surface area contributed by atoms with Crippen LogP contribution in [0, 0.1) is 11.3 Å². The van der Waals surface area contributed by atoms with Crippen LogP contribution < -0.4 is 14.8 Å². The topological polar surface area (TPSA) is 144 Å². The first kappa shape index (κ1) is 41.8. The smallest absolute Gasteiger partial charge is 0.256 e. The lowest BCUT2D eigenvalue weighted by Crippen LogP contribution is -2.39. The van der Waals surface area contributed by atoms with Crippen LogP contribution in [0.2, 0.25) is 0 Å². The number of rotatable bonds is 18. The number of imidazole rings is 1. The highest BCUT2D eigenvalue weighted by Crippen LogP contribution is 2.58. The number of nitriles is 1. The predicted octanol–water partition coefficient (Wildman–Crippen LogP) is 8.96. The third kappa shape index (κ3) is 8.53. The number of methoxy groups -OCH3 is 2. The Labute approximate surface area is 340 Å². The number of ether oxygens (including phenoxy) is 3. The van der Waals surface area contributed by atoms with Crippen molar-refractivity contribution in [3.05, 3.63) is 144 Å². The summed E-state index contributed by atoms with van der Waals surface area (Å²) in [5.74, 6) is 1.32. The van der Waals surface area contributed by atoms with Crippen LogP contribution in [0.1, 0.15) is 67.2 Å². The molecule has 0 saturated carbocycles. The molecule has 2 aromatic heterocycles. The minimum atomic E-state index is -3.06. The Morgan fingerprint density at radius 3 is 1.90 bits per heavy atom. The first-order valence-electron chi connectivity index (χ1n) is 19.3. The van der Waals surface area contributed by atoms with Gasteiger partial charge in [-0.05, 0) is 53.1 Å². The maximum atomic E-state index is 15.1. The van der Waals surface area contributed by atoms with Gasteiger partial charge in [0, 0.05) is 36.4 Å². The van der Waals surface area contributed by atoms with Gasteiger partial charge in [-0.2, -0.15) is 5.26 Å². The zero-order valence-corrected chi connectivity index (χ0v) is 34.7. The summed E-state index contributed by atoms with van der Waals surface area (Å²) in [6, 6.07) is 36.2. The van der Waals surface area contributed by atoms with E-state index in [-0.39, 0.29) is 42.6 Å². The molecule has 6 rings (SSSR count). The standard InChI is InChI=1S/C45H50N7O5P/c1-32(2)58(54,33(3)4)51(27-13-26-46)28-38(52-31-49-41-42(47-30-48-43(41)52)50-44(53)34-14-9-7-10-15-34)29-57-45(35-16-11-8-12-17-35,36-18-22-39(55-5)23-19-36)37-20-24-40(56-6)25-21-37/h7-12,14-25,30-33,38H,13,27-29H2,1-6H3,(H,47,48,50,53)/t38-/m1/s1. The Bertz CT molecular complexity index is 2300. The maximum absolute atomic E-state index is 15.1. The van der Waals surface area contributed by atoms with Crippen molar-refractivity contribution in [2.75, 3.05) is 39.2 Å². The summed E-state index contributed by atoms with van der Waals surface area (Å²) in [6.07, 6.45) is 3.24. The quantitative estimate of drug-likeness (QED) is 0.0661. The van der Waals surface area contributed by atoms with Crippen LogP contribution in [-0.4, -0.2) is 75.3 Å². The largest absolute Gasteiger partial charge is 0.497 e. The molecule has 2 heterocycles. The van der Waals surface area contributed by atoms with Crippen molar-refractivity contribution in [2.45, 2.75) is 57.1 Å². The van der Waals surface area contributed by atoms with Gasteiger partial charge in [0.15, 0.2) is 24.3 Å². The Kier molecular flexibility index (Phi) is 13.4. The third-order valence-corrected chi connectivity index (χ3v) is 14.7. The van der Waals surface area contributed by atoms with E-state index in [1.54, 1.807) is 44.8 Å². The lowest BCUT2D eigenvalue weighted by Gasteiger charge is -2.41. The number of anilines is 1. The molecule has 0 fully saturated rings. The molecular weight excluding hydrogens is 750 g/mol. The van der Waals surface area contributed by atoms with Crippen LogP contribution in [-0.2, 0) is 14.9 Å². The number of hydrogen-bond acceptors (Lipinski definition) is 9. The van der Waals surface area contributed by atoms with Gasteiger partial charge in [0.2, 0.25) is 0 Å². The molecule has 1 atom stereocenters. The van der Waals surface area contributed by atoms with E-state index in [2.05, 4.69) is 21.4 Å². The van der Waals surface area contributed by atoms with E-state index in [9.17, 15) is 10.1 Å². The van der Waals surface area contributed by atoms with Crippen molar-refractivity contribution >= 4 is 30.2 Å². The second-order valence-electron chi connectivity index (χ2n) is 14.5. The predicted molar refractivity (Wildman–Crippen MR) is 227 cm³/mol. The average Bonchev–Trinajstić information content (AvgIpc) is 3.70. The molecule has 0 saturated heterocycles. The van der Waals surface area contributed by atoms with Gasteiger partial charge in [0.25, 0.3) is 5.91 Å². The van der Waals surface area contributed by atoms with Crippen LogP contribution in [0.5, 0.6) is 11.5 Å². The SMILES string of the molecule is COc1ccc(C(OC[C@@H](CN(CCC#N)P(=O)(C(C)C)C(C)C)n2cnc3c(NC(=O)c4ccccc4)ncnc32)(c2ccccc2)c2ccc(OC)cc2)cc1. The van der Waals surface area contributed by atoms with Gasteiger partial charge in [-0.1, -0.05) is 100 Å². The highest BCUT2D eigenvalue weighted by molar-refractivity contribution is 7.62. The summed E-state index contributed by atoms with van der Waals surface area (Å²) in [6.45, 7) is 8.51. The van der Waals surface area contributed by atoms with Gasteiger partial charge in [-0.15, -0.1) is 0 Å². The van der Waals surface area contributed by atoms with E-state index in [0.717, 1.165) is 16.7 Å². The van der Waals surface area contributed by atoms with Gasteiger partial charge in [0.05, 0.1) is 39.3 Å². The summed E-state index contributed by atoms with van der Waals surface area (Å²) < 4.78 is 37.6. The molecule has 300 valence electrons. The second-order valence-corrected chi connectivity index (χ2v) is 18.5. The average molecular weight is 800 g/mol. The number of nitrogens with zero attached hydrogens (tertiary/aromatic N) is 6. The van der Waals surface area contributed by atoms with Crippen molar-refractivity contribution < 1.29 is 23.6 Å². The van der Waals surface area contributed by atoms with Crippen LogP contribution in [0.3, 0.4) is 0 Å². The number of carbonyl (C=O) groups excluding carboxylic acids is 1. The van der Waals surface area contributed by atoms with Gasteiger partial charge in [0.1, 0.15) is 23.4 Å². The number of benzene rings is 4. The van der Waals surface area contributed by atoms with Crippen LogP contribution >= 0.6 is 7.29 Å². The Morgan fingerprint density at radius 1 is 0.810 bits per heavy atom. The molecule has 6 aromatic rings. The van der Waals surface area contributed by atoms with E-state index >= 15 is 4.57 Å². The number of hydrogen-bond donors (Lipinski definition) is 1. The van der Waals surface area contributed by atoms with E-state index < -0.39 is 18.9 Å². The molecule has 0 bridgehead atoms. The molecule has 0 spiro atoms. The molecule has 0 aliphatic rings. The molecule has 0 aliphatic heterocycles. The number of aromatic nitrogens is 4. The Balaban J connectivity index is 1.52. The maximum Gasteiger partial charge on any atom is 0.256 e. The van der Waals surface area contributed by atoms with Gasteiger partial charge in [-0.25, -0.2) is 19.6 Å². The molecule has 12 nitrogen and oxygen atoms in total. The van der Waals surface area contributed by atoms with Crippen molar-refractivity contribution in [3.63, 3.8) is 0 Å². The van der Waals surface area contributed by atoms with E-state index in [0.29, 0.717) is 34.8 Å². The molecule has 0 aliphatic carbocycles. The number of nitrogens with one attached hydrogen (secondary N) is 1. The summed E-state index contributed by atoms with van der Waals surface area (Å²) in [4.78, 5) is 27.1. The molecule has 1 N–H and O–H groups in total. The van der Waals surface area contributed by atoms with Crippen molar-refractivity contribution in [1.82, 2.24) is 24.2 Å². The minimum absolute atomic E-state index is 0.0768. The highest BCUT2D eigenvalue weighted by atomic mass is 31.2. The number of amides is 1. The minimum Gasteiger partial charge on any atom is -0.497 e. The lowest BCUT2D eigenvalue weighted by atomic mass is 9.80. The van der Waals surface area contributed by atoms with Gasteiger partial charge < -0.3 is 28.7 Å². The Morgan fingerprint density at radius 2 is 1.36 bits per heavy atom. The first-order valence-corrected chi connectivity index (χ1v) is 21.1. The van der Waals surface area contributed by atoms with Gasteiger partial charge >= 0.3 is 0 Å². The summed E-state index contributed by atoms with van der Waals surface area (Å²) in [5, 5.41) is 12.7. The summed E-state index contributed by atoms with van der Waals surface area (Å²) in [5.41, 5.74) is 2.37. The fraction of sp³-hybridized carbons (Fsp3) is 0.311. The fourth-order valence-electron chi connectivity index (χ4n) is 7.54. The molecule has 0 radical (unpaired) electrons. The monoisotopic (exact) mass is 799 g/mol. The summed E-state index contributed by atoms with van der Waals surface area (Å²) in [7, 11) is 0.200. The lowest BCUT2D eigenvalue weighted by molar-refractivity contribution is -0.00787. The third-order valence-electron chi connectivity index (χ3n) is 10.5. The Hall–Kier alpha value is -5.86. The zero-order chi connectivity index (χ0) is 41.3. The highest BCUT2D eigenvalue weighted by Gasteiger charge is 2.42. The molecule has 4 aromatic carbocycles. The van der Waals surface area contributed by atoms with Crippen LogP contribution in [0.4, 0.5) is 5.82 Å². The molecule has 0 unspecified atom stereocenters. The van der Waals surface area contributed by atoms with Crippen molar-refractivity contribution in [3.8, 4) is 17.6 Å². The van der Waals surface area contributed by atoms with E-state index in [1.807, 2.05) is 122 Å². The van der Waals surface area contributed by atoms with Gasteiger partial charge in [-0.3, -0.25) is 4.79 Å². The van der Waals surface area contributed by atoms with E-state index in [1.165, 1.54) is 6.33 Å². The second kappa shape index (κ2) is 18.6. The molecule has 58 heavy (non-hydrogen) atoms.